The van der Waals surface area contributed by atoms with Crippen molar-refractivity contribution in [3.05, 3.63) is 30.3 Å². The van der Waals surface area contributed by atoms with Crippen LogP contribution in [0.25, 0.3) is 0 Å². The van der Waals surface area contributed by atoms with Crippen molar-refractivity contribution < 1.29 is 9.59 Å². The van der Waals surface area contributed by atoms with Gasteiger partial charge in [0.05, 0.1) is 0 Å². The summed E-state index contributed by atoms with van der Waals surface area (Å²) in [6.07, 6.45) is 1.06. The number of carbonyl (C=O) groups excluding carboxylic acids is 2. The van der Waals surface area contributed by atoms with Gasteiger partial charge in [-0.3, -0.25) is 9.59 Å². The Balaban J connectivity index is 1.63. The van der Waals surface area contributed by atoms with E-state index in [0.29, 0.717) is 19.4 Å². The van der Waals surface area contributed by atoms with Crippen LogP contribution in [0.15, 0.2) is 35.2 Å². The van der Waals surface area contributed by atoms with Gasteiger partial charge >= 0.3 is 0 Å². The van der Waals surface area contributed by atoms with E-state index in [1.807, 2.05) is 30.3 Å². The van der Waals surface area contributed by atoms with Gasteiger partial charge in [-0.15, -0.1) is 11.8 Å². The quantitative estimate of drug-likeness (QED) is 0.620. The molecule has 2 N–H and O–H groups in total. The molecule has 0 radical (unpaired) electrons. The zero-order chi connectivity index (χ0) is 12.8. The second-order valence-corrected chi connectivity index (χ2v) is 5.28. The summed E-state index contributed by atoms with van der Waals surface area (Å²) >= 11 is 1.70. The first-order valence-corrected chi connectivity index (χ1v) is 6.99. The maximum Gasteiger partial charge on any atom is 0.242 e. The van der Waals surface area contributed by atoms with Gasteiger partial charge in [0.2, 0.25) is 11.8 Å². The molecule has 1 fully saturated rings. The second-order valence-electron chi connectivity index (χ2n) is 4.11. The monoisotopic (exact) mass is 264 g/mol. The molecule has 1 unspecified atom stereocenters. The van der Waals surface area contributed by atoms with Crippen molar-refractivity contribution in [3.8, 4) is 0 Å². The summed E-state index contributed by atoms with van der Waals surface area (Å²) in [5.74, 6) is 0.722. The Morgan fingerprint density at radius 2 is 2.17 bits per heavy atom. The molecule has 0 spiro atoms. The van der Waals surface area contributed by atoms with Crippen molar-refractivity contribution >= 4 is 23.6 Å². The van der Waals surface area contributed by atoms with E-state index in [0.717, 1.165) is 5.75 Å². The Bertz CT molecular complexity index is 422. The molecule has 96 valence electrons. The number of benzene rings is 1. The zero-order valence-electron chi connectivity index (χ0n) is 10.0. The van der Waals surface area contributed by atoms with Crippen LogP contribution < -0.4 is 10.6 Å². The second kappa shape index (κ2) is 6.44. The highest BCUT2D eigenvalue weighted by molar-refractivity contribution is 7.99. The molecule has 1 saturated heterocycles. The molecule has 2 rings (SSSR count). The number of carbonyl (C=O) groups is 2. The van der Waals surface area contributed by atoms with Crippen molar-refractivity contribution in [3.63, 3.8) is 0 Å². The maximum absolute atomic E-state index is 11.7. The average Bonchev–Trinajstić information content (AvgIpc) is 2.82. The van der Waals surface area contributed by atoms with Gasteiger partial charge in [0.25, 0.3) is 0 Å². The fourth-order valence-electron chi connectivity index (χ4n) is 1.79. The minimum absolute atomic E-state index is 0.0335. The molecular weight excluding hydrogens is 248 g/mol. The van der Waals surface area contributed by atoms with Crippen LogP contribution in [0.3, 0.4) is 0 Å². The zero-order valence-corrected chi connectivity index (χ0v) is 10.8. The van der Waals surface area contributed by atoms with Gasteiger partial charge < -0.3 is 10.6 Å². The van der Waals surface area contributed by atoms with Gasteiger partial charge in [-0.25, -0.2) is 0 Å². The van der Waals surface area contributed by atoms with Crippen LogP contribution >= 0.6 is 11.8 Å². The van der Waals surface area contributed by atoms with Crippen LogP contribution in [-0.4, -0.2) is 30.2 Å². The lowest BCUT2D eigenvalue weighted by atomic mass is 10.2. The number of nitrogens with one attached hydrogen (secondary N) is 2. The Kier molecular flexibility index (Phi) is 4.64. The van der Waals surface area contributed by atoms with Crippen molar-refractivity contribution in [1.82, 2.24) is 10.6 Å². The molecule has 1 aromatic carbocycles. The molecule has 0 aromatic heterocycles. The Morgan fingerprint density at radius 1 is 1.39 bits per heavy atom. The summed E-state index contributed by atoms with van der Waals surface area (Å²) in [5.41, 5.74) is 0. The first kappa shape index (κ1) is 13.0. The molecule has 1 aromatic rings. The number of thioether (sulfide) groups is 1. The first-order chi connectivity index (χ1) is 8.75. The molecule has 5 heteroatoms. The summed E-state index contributed by atoms with van der Waals surface area (Å²) in [4.78, 5) is 23.8. The van der Waals surface area contributed by atoms with Crippen molar-refractivity contribution in [2.24, 2.45) is 0 Å². The molecule has 1 aliphatic rings. The molecule has 2 amide bonds. The molecular formula is C13H16N2O2S. The van der Waals surface area contributed by atoms with Crippen LogP contribution in [0, 0.1) is 0 Å². The largest absolute Gasteiger partial charge is 0.353 e. The van der Waals surface area contributed by atoms with Crippen LogP contribution in [0.2, 0.25) is 0 Å². The summed E-state index contributed by atoms with van der Waals surface area (Å²) < 4.78 is 0. The fourth-order valence-corrected chi connectivity index (χ4v) is 2.58. The van der Waals surface area contributed by atoms with Crippen molar-refractivity contribution in [2.45, 2.75) is 23.8 Å². The van der Waals surface area contributed by atoms with Gasteiger partial charge in [0.15, 0.2) is 0 Å². The minimum atomic E-state index is -0.334. The number of rotatable bonds is 5. The molecule has 18 heavy (non-hydrogen) atoms. The normalized spacial score (nSPS) is 18.4. The molecule has 4 nitrogen and oxygen atoms in total. The predicted molar refractivity (Wildman–Crippen MR) is 71.3 cm³/mol. The molecule has 0 aliphatic carbocycles. The molecule has 1 heterocycles. The summed E-state index contributed by atoms with van der Waals surface area (Å²) in [5, 5.41) is 5.50. The van der Waals surface area contributed by atoms with Crippen LogP contribution in [0.4, 0.5) is 0 Å². The predicted octanol–water partition coefficient (Wildman–Crippen LogP) is 1.17. The SMILES string of the molecule is O=C1CCC(C(=O)NCCSc2ccccc2)N1. The van der Waals surface area contributed by atoms with Gasteiger partial charge in [-0.05, 0) is 18.6 Å². The van der Waals surface area contributed by atoms with E-state index < -0.39 is 0 Å². The fraction of sp³-hybridized carbons (Fsp3) is 0.385. The average molecular weight is 264 g/mol. The number of hydrogen-bond acceptors (Lipinski definition) is 3. The minimum Gasteiger partial charge on any atom is -0.353 e. The lowest BCUT2D eigenvalue weighted by Gasteiger charge is -2.10. The third kappa shape index (κ3) is 3.77. The van der Waals surface area contributed by atoms with E-state index in [4.69, 9.17) is 0 Å². The van der Waals surface area contributed by atoms with Crippen LogP contribution in [-0.2, 0) is 9.59 Å². The highest BCUT2D eigenvalue weighted by Gasteiger charge is 2.26. The maximum atomic E-state index is 11.7. The summed E-state index contributed by atoms with van der Waals surface area (Å²) in [6.45, 7) is 0.616. The van der Waals surface area contributed by atoms with E-state index in [2.05, 4.69) is 10.6 Å². The van der Waals surface area contributed by atoms with Crippen molar-refractivity contribution in [1.29, 1.82) is 0 Å². The molecule has 1 aliphatic heterocycles. The number of amides is 2. The van der Waals surface area contributed by atoms with Gasteiger partial charge in [0.1, 0.15) is 6.04 Å². The summed E-state index contributed by atoms with van der Waals surface area (Å²) in [6, 6.07) is 9.73. The van der Waals surface area contributed by atoms with E-state index in [-0.39, 0.29) is 17.9 Å². The van der Waals surface area contributed by atoms with Crippen LogP contribution in [0.1, 0.15) is 12.8 Å². The van der Waals surface area contributed by atoms with Gasteiger partial charge in [-0.1, -0.05) is 18.2 Å². The van der Waals surface area contributed by atoms with Crippen molar-refractivity contribution in [2.75, 3.05) is 12.3 Å². The lowest BCUT2D eigenvalue weighted by molar-refractivity contribution is -0.125. The topological polar surface area (TPSA) is 58.2 Å². The smallest absolute Gasteiger partial charge is 0.242 e. The lowest BCUT2D eigenvalue weighted by Crippen LogP contribution is -2.42. The molecule has 0 bridgehead atoms. The number of hydrogen-bond donors (Lipinski definition) is 2. The summed E-state index contributed by atoms with van der Waals surface area (Å²) in [7, 11) is 0. The molecule has 0 saturated carbocycles. The Labute approximate surface area is 111 Å². The highest BCUT2D eigenvalue weighted by Crippen LogP contribution is 2.15. The standard InChI is InChI=1S/C13H16N2O2S/c16-12-7-6-11(15-12)13(17)14-8-9-18-10-4-2-1-3-5-10/h1-5,11H,6-9H2,(H,14,17)(H,15,16). The van der Waals surface area contributed by atoms with Crippen LogP contribution in [0.5, 0.6) is 0 Å². The van der Waals surface area contributed by atoms with E-state index in [1.54, 1.807) is 11.8 Å². The molecule has 1 atom stereocenters. The Hall–Kier alpha value is -1.49. The Morgan fingerprint density at radius 3 is 2.83 bits per heavy atom. The van der Waals surface area contributed by atoms with E-state index >= 15 is 0 Å². The van der Waals surface area contributed by atoms with E-state index in [1.165, 1.54) is 4.90 Å². The third-order valence-electron chi connectivity index (χ3n) is 2.73. The first-order valence-electron chi connectivity index (χ1n) is 6.00. The highest BCUT2D eigenvalue weighted by atomic mass is 32.2. The van der Waals surface area contributed by atoms with Gasteiger partial charge in [0, 0.05) is 23.6 Å². The van der Waals surface area contributed by atoms with E-state index in [9.17, 15) is 9.59 Å². The van der Waals surface area contributed by atoms with Gasteiger partial charge in [-0.2, -0.15) is 0 Å². The third-order valence-corrected chi connectivity index (χ3v) is 3.74.